The first-order valence-corrected chi connectivity index (χ1v) is 7.26. The Balaban J connectivity index is 2.57. The zero-order valence-electron chi connectivity index (χ0n) is 11.9. The van der Waals surface area contributed by atoms with Crippen LogP contribution in [-0.2, 0) is 0 Å². The third kappa shape index (κ3) is 2.90. The minimum absolute atomic E-state index is 0.120. The van der Waals surface area contributed by atoms with E-state index in [9.17, 15) is 0 Å². The maximum absolute atomic E-state index is 7.94. The molecule has 0 bridgehead atoms. The van der Waals surface area contributed by atoms with E-state index in [4.69, 9.17) is 5.41 Å². The monoisotopic (exact) mass is 331 g/mol. The molecule has 0 saturated carbocycles. The largest absolute Gasteiger partial charge is 0.346 e. The highest BCUT2D eigenvalue weighted by Crippen LogP contribution is 2.33. The standard InChI is InChI=1S/C16H18BrN3/c1-10(18)13-9-14(17)15(11(2)20-16(13)19-3)12-7-5-4-6-8-12/h4-9,13,18H,1-3H3,(H,19,20). The Labute approximate surface area is 128 Å². The van der Waals surface area contributed by atoms with Crippen LogP contribution < -0.4 is 5.32 Å². The SMILES string of the molecule is CN=C1NC(C)=C(c2ccccc2)C(Br)=CC1C(C)=N. The van der Waals surface area contributed by atoms with E-state index in [-0.39, 0.29) is 5.92 Å². The van der Waals surface area contributed by atoms with Gasteiger partial charge in [0.1, 0.15) is 5.84 Å². The fraction of sp³-hybridized carbons (Fsp3) is 0.250. The quantitative estimate of drug-likeness (QED) is 0.791. The Morgan fingerprint density at radius 3 is 2.50 bits per heavy atom. The molecule has 3 nitrogen and oxygen atoms in total. The Bertz CT molecular complexity index is 612. The summed E-state index contributed by atoms with van der Waals surface area (Å²) in [6, 6.07) is 10.2. The summed E-state index contributed by atoms with van der Waals surface area (Å²) < 4.78 is 0.990. The van der Waals surface area contributed by atoms with Crippen molar-refractivity contribution in [2.24, 2.45) is 10.9 Å². The van der Waals surface area contributed by atoms with Gasteiger partial charge in [-0.3, -0.25) is 4.99 Å². The van der Waals surface area contributed by atoms with Gasteiger partial charge in [-0.2, -0.15) is 0 Å². The van der Waals surface area contributed by atoms with Crippen LogP contribution in [0.2, 0.25) is 0 Å². The van der Waals surface area contributed by atoms with E-state index in [0.717, 1.165) is 27.2 Å². The first-order chi connectivity index (χ1) is 9.54. The van der Waals surface area contributed by atoms with Crippen LogP contribution in [-0.4, -0.2) is 18.6 Å². The molecule has 0 amide bonds. The molecule has 1 aliphatic rings. The van der Waals surface area contributed by atoms with E-state index in [1.807, 2.05) is 31.2 Å². The highest BCUT2D eigenvalue weighted by atomic mass is 79.9. The molecule has 0 radical (unpaired) electrons. The lowest BCUT2D eigenvalue weighted by molar-refractivity contribution is 1.02. The van der Waals surface area contributed by atoms with Crippen LogP contribution in [0.5, 0.6) is 0 Å². The van der Waals surface area contributed by atoms with E-state index >= 15 is 0 Å². The highest BCUT2D eigenvalue weighted by molar-refractivity contribution is 9.12. The highest BCUT2D eigenvalue weighted by Gasteiger charge is 2.23. The number of aliphatic imine (C=N–C) groups is 1. The van der Waals surface area contributed by atoms with Gasteiger partial charge in [0.25, 0.3) is 0 Å². The van der Waals surface area contributed by atoms with Crippen molar-refractivity contribution < 1.29 is 0 Å². The predicted molar refractivity (Wildman–Crippen MR) is 89.4 cm³/mol. The molecular formula is C16H18BrN3. The number of hydrogen-bond donors (Lipinski definition) is 2. The van der Waals surface area contributed by atoms with Gasteiger partial charge in [-0.15, -0.1) is 0 Å². The number of hydrogen-bond acceptors (Lipinski definition) is 2. The molecule has 1 aliphatic heterocycles. The van der Waals surface area contributed by atoms with Gasteiger partial charge in [-0.25, -0.2) is 0 Å². The maximum atomic E-state index is 7.94. The van der Waals surface area contributed by atoms with E-state index in [2.05, 4.69) is 38.4 Å². The summed E-state index contributed by atoms with van der Waals surface area (Å²) >= 11 is 3.66. The molecule has 0 saturated heterocycles. The fourth-order valence-corrected chi connectivity index (χ4v) is 3.09. The lowest BCUT2D eigenvalue weighted by Crippen LogP contribution is -2.31. The number of nitrogens with zero attached hydrogens (tertiary/aromatic N) is 1. The van der Waals surface area contributed by atoms with Gasteiger partial charge in [0, 0.05) is 28.5 Å². The summed E-state index contributed by atoms with van der Waals surface area (Å²) in [5.41, 5.74) is 3.84. The first kappa shape index (κ1) is 14.7. The van der Waals surface area contributed by atoms with Gasteiger partial charge in [-0.1, -0.05) is 52.3 Å². The lowest BCUT2D eigenvalue weighted by atomic mass is 10.0. The van der Waals surface area contributed by atoms with Crippen molar-refractivity contribution in [1.29, 1.82) is 5.41 Å². The van der Waals surface area contributed by atoms with E-state index in [1.165, 1.54) is 0 Å². The third-order valence-corrected chi connectivity index (χ3v) is 3.97. The van der Waals surface area contributed by atoms with Gasteiger partial charge in [-0.05, 0) is 19.4 Å². The minimum atomic E-state index is -0.120. The van der Waals surface area contributed by atoms with Crippen LogP contribution in [0.3, 0.4) is 0 Å². The fourth-order valence-electron chi connectivity index (χ4n) is 2.30. The van der Waals surface area contributed by atoms with Crippen molar-refractivity contribution in [3.8, 4) is 0 Å². The van der Waals surface area contributed by atoms with Gasteiger partial charge in [0.05, 0.1) is 5.92 Å². The zero-order chi connectivity index (χ0) is 14.7. The predicted octanol–water partition coefficient (Wildman–Crippen LogP) is 3.98. The number of rotatable bonds is 2. The van der Waals surface area contributed by atoms with Gasteiger partial charge in [0.15, 0.2) is 0 Å². The molecule has 2 rings (SSSR count). The molecule has 104 valence electrons. The molecule has 0 aliphatic carbocycles. The van der Waals surface area contributed by atoms with Crippen molar-refractivity contribution in [3.05, 3.63) is 52.2 Å². The summed E-state index contributed by atoms with van der Waals surface area (Å²) in [5, 5.41) is 11.3. The Morgan fingerprint density at radius 1 is 1.30 bits per heavy atom. The second kappa shape index (κ2) is 6.18. The van der Waals surface area contributed by atoms with E-state index in [1.54, 1.807) is 14.0 Å². The van der Waals surface area contributed by atoms with Crippen molar-refractivity contribution in [1.82, 2.24) is 5.32 Å². The molecule has 1 aromatic rings. The average Bonchev–Trinajstić information content (AvgIpc) is 2.55. The summed E-state index contributed by atoms with van der Waals surface area (Å²) in [7, 11) is 1.75. The topological polar surface area (TPSA) is 48.2 Å². The lowest BCUT2D eigenvalue weighted by Gasteiger charge is -2.15. The minimum Gasteiger partial charge on any atom is -0.346 e. The van der Waals surface area contributed by atoms with Crippen molar-refractivity contribution >= 4 is 33.1 Å². The second-order valence-electron chi connectivity index (χ2n) is 4.78. The number of benzene rings is 1. The van der Waals surface area contributed by atoms with Crippen LogP contribution in [0.15, 0.2) is 51.6 Å². The van der Waals surface area contributed by atoms with Crippen LogP contribution in [0.1, 0.15) is 19.4 Å². The smallest absolute Gasteiger partial charge is 0.113 e. The first-order valence-electron chi connectivity index (χ1n) is 6.47. The van der Waals surface area contributed by atoms with Crippen molar-refractivity contribution in [2.45, 2.75) is 13.8 Å². The van der Waals surface area contributed by atoms with E-state index < -0.39 is 0 Å². The molecule has 0 spiro atoms. The van der Waals surface area contributed by atoms with Crippen LogP contribution in [0, 0.1) is 11.3 Å². The number of halogens is 1. The molecule has 1 aromatic carbocycles. The number of amidine groups is 1. The summed E-state index contributed by atoms with van der Waals surface area (Å²) in [6.45, 7) is 3.83. The molecule has 4 heteroatoms. The Hall–Kier alpha value is -1.68. The molecule has 1 atom stereocenters. The second-order valence-corrected chi connectivity index (χ2v) is 5.63. The average molecular weight is 332 g/mol. The Kier molecular flexibility index (Phi) is 4.55. The number of allylic oxidation sites excluding steroid dienone is 3. The van der Waals surface area contributed by atoms with Gasteiger partial charge >= 0.3 is 0 Å². The summed E-state index contributed by atoms with van der Waals surface area (Å²) in [5.74, 6) is 0.684. The maximum Gasteiger partial charge on any atom is 0.113 e. The zero-order valence-corrected chi connectivity index (χ0v) is 13.5. The molecule has 1 unspecified atom stereocenters. The third-order valence-electron chi connectivity index (χ3n) is 3.31. The number of nitrogens with one attached hydrogen (secondary N) is 2. The van der Waals surface area contributed by atoms with Gasteiger partial charge in [0.2, 0.25) is 0 Å². The molecule has 0 fully saturated rings. The van der Waals surface area contributed by atoms with E-state index in [0.29, 0.717) is 5.71 Å². The van der Waals surface area contributed by atoms with Crippen LogP contribution in [0.25, 0.3) is 5.57 Å². The molecule has 1 heterocycles. The van der Waals surface area contributed by atoms with Gasteiger partial charge < -0.3 is 10.7 Å². The molecule has 0 aromatic heterocycles. The van der Waals surface area contributed by atoms with Crippen LogP contribution >= 0.6 is 15.9 Å². The molecular weight excluding hydrogens is 314 g/mol. The molecule has 20 heavy (non-hydrogen) atoms. The van der Waals surface area contributed by atoms with Crippen molar-refractivity contribution in [3.63, 3.8) is 0 Å². The molecule has 2 N–H and O–H groups in total. The normalized spacial score (nSPS) is 21.3. The summed E-state index contributed by atoms with van der Waals surface area (Å²) in [4.78, 5) is 4.29. The Morgan fingerprint density at radius 2 is 1.95 bits per heavy atom. The van der Waals surface area contributed by atoms with Crippen LogP contribution in [0.4, 0.5) is 0 Å². The van der Waals surface area contributed by atoms with Crippen molar-refractivity contribution in [2.75, 3.05) is 7.05 Å². The summed E-state index contributed by atoms with van der Waals surface area (Å²) in [6.07, 6.45) is 2.04.